The van der Waals surface area contributed by atoms with Crippen LogP contribution in [0.25, 0.3) is 0 Å². The quantitative estimate of drug-likeness (QED) is 0.767. The minimum Gasteiger partial charge on any atom is -0.344 e. The Morgan fingerprint density at radius 3 is 2.56 bits per heavy atom. The second-order valence-corrected chi connectivity index (χ2v) is 6.50. The number of carbonyl (C=O) groups is 1. The van der Waals surface area contributed by atoms with Crippen LogP contribution in [0, 0.1) is 40.9 Å². The molecule has 3 heteroatoms. The normalized spacial score (nSPS) is 31.4. The molecule has 0 aromatic carbocycles. The van der Waals surface area contributed by atoms with Gasteiger partial charge >= 0.3 is 0 Å². The van der Waals surface area contributed by atoms with Crippen molar-refractivity contribution in [2.24, 2.45) is 29.6 Å². The molecule has 2 rings (SSSR count). The highest BCUT2D eigenvalue weighted by Crippen LogP contribution is 2.48. The van der Waals surface area contributed by atoms with Gasteiger partial charge in [-0.1, -0.05) is 20.3 Å². The number of hydrogen-bond donors (Lipinski definition) is 0. The lowest BCUT2D eigenvalue weighted by Crippen LogP contribution is -2.38. The molecule has 0 N–H and O–H groups in total. The van der Waals surface area contributed by atoms with Crippen molar-refractivity contribution in [3.05, 3.63) is 0 Å². The fraction of sp³-hybridized carbons (Fsp3) is 0.867. The lowest BCUT2D eigenvalue weighted by molar-refractivity contribution is -0.134. The number of amides is 1. The molecule has 0 spiro atoms. The Morgan fingerprint density at radius 1 is 1.39 bits per heavy atom. The van der Waals surface area contributed by atoms with E-state index in [4.69, 9.17) is 5.26 Å². The van der Waals surface area contributed by atoms with E-state index in [9.17, 15) is 4.79 Å². The van der Waals surface area contributed by atoms with Gasteiger partial charge in [0, 0.05) is 13.6 Å². The van der Waals surface area contributed by atoms with Crippen LogP contribution in [0.5, 0.6) is 0 Å². The molecule has 0 radical (unpaired) electrons. The smallest absolute Gasteiger partial charge is 0.239 e. The van der Waals surface area contributed by atoms with Crippen LogP contribution in [-0.4, -0.2) is 24.4 Å². The largest absolute Gasteiger partial charge is 0.344 e. The van der Waals surface area contributed by atoms with E-state index in [1.165, 1.54) is 25.7 Å². The lowest BCUT2D eigenvalue weighted by atomic mass is 9.88. The monoisotopic (exact) mass is 248 g/mol. The Bertz CT molecular complexity index is 358. The Labute approximate surface area is 110 Å². The van der Waals surface area contributed by atoms with Gasteiger partial charge in [0.1, 0.15) is 5.92 Å². The highest BCUT2D eigenvalue weighted by atomic mass is 16.2. The summed E-state index contributed by atoms with van der Waals surface area (Å²) < 4.78 is 0. The van der Waals surface area contributed by atoms with Gasteiger partial charge in [-0.15, -0.1) is 0 Å². The fourth-order valence-corrected chi connectivity index (χ4v) is 3.77. The molecule has 4 unspecified atom stereocenters. The van der Waals surface area contributed by atoms with Gasteiger partial charge in [-0.25, -0.2) is 0 Å². The van der Waals surface area contributed by atoms with E-state index in [-0.39, 0.29) is 11.8 Å². The topological polar surface area (TPSA) is 44.1 Å². The average Bonchev–Trinajstić information content (AvgIpc) is 2.91. The second kappa shape index (κ2) is 5.30. The van der Waals surface area contributed by atoms with Crippen molar-refractivity contribution in [3.63, 3.8) is 0 Å². The van der Waals surface area contributed by atoms with Crippen LogP contribution in [0.4, 0.5) is 0 Å². The Morgan fingerprint density at radius 2 is 2.11 bits per heavy atom. The number of nitriles is 1. The van der Waals surface area contributed by atoms with E-state index in [1.54, 1.807) is 4.90 Å². The molecule has 1 amide bonds. The SMILES string of the molecule is CC(C)C(C#N)C(=O)N(C)CC1CC2CCC1C2. The molecule has 0 aliphatic heterocycles. The molecule has 2 bridgehead atoms. The van der Waals surface area contributed by atoms with Crippen LogP contribution in [0.3, 0.4) is 0 Å². The van der Waals surface area contributed by atoms with E-state index >= 15 is 0 Å². The summed E-state index contributed by atoms with van der Waals surface area (Å²) in [6, 6.07) is 2.15. The fourth-order valence-electron chi connectivity index (χ4n) is 3.77. The third-order valence-corrected chi connectivity index (χ3v) is 4.84. The van der Waals surface area contributed by atoms with Crippen LogP contribution >= 0.6 is 0 Å². The molecule has 2 saturated carbocycles. The van der Waals surface area contributed by atoms with Crippen molar-refractivity contribution in [1.29, 1.82) is 5.26 Å². The van der Waals surface area contributed by atoms with E-state index in [0.29, 0.717) is 5.92 Å². The number of fused-ring (bicyclic) bond motifs is 2. The summed E-state index contributed by atoms with van der Waals surface area (Å²) in [5.74, 6) is 2.07. The maximum atomic E-state index is 12.2. The first-order chi connectivity index (χ1) is 8.52. The highest BCUT2D eigenvalue weighted by molar-refractivity contribution is 5.81. The molecule has 100 valence electrons. The maximum Gasteiger partial charge on any atom is 0.239 e. The molecule has 2 aliphatic rings. The second-order valence-electron chi connectivity index (χ2n) is 6.50. The van der Waals surface area contributed by atoms with Gasteiger partial charge in [-0.05, 0) is 42.9 Å². The summed E-state index contributed by atoms with van der Waals surface area (Å²) in [7, 11) is 1.86. The van der Waals surface area contributed by atoms with E-state index in [0.717, 1.165) is 18.4 Å². The Kier molecular flexibility index (Phi) is 3.94. The molecule has 0 heterocycles. The number of carbonyl (C=O) groups excluding carboxylic acids is 1. The summed E-state index contributed by atoms with van der Waals surface area (Å²) in [6.07, 6.45) is 5.41. The van der Waals surface area contributed by atoms with E-state index in [2.05, 4.69) is 6.07 Å². The molecule has 0 saturated heterocycles. The van der Waals surface area contributed by atoms with Crippen molar-refractivity contribution < 1.29 is 4.79 Å². The van der Waals surface area contributed by atoms with Gasteiger partial charge < -0.3 is 4.90 Å². The standard InChI is InChI=1S/C15H24N2O/c1-10(2)14(8-16)15(18)17(3)9-13-7-11-4-5-12(13)6-11/h10-14H,4-7,9H2,1-3H3. The van der Waals surface area contributed by atoms with Crippen LogP contribution < -0.4 is 0 Å². The third-order valence-electron chi connectivity index (χ3n) is 4.84. The third kappa shape index (κ3) is 2.53. The molecule has 2 aliphatic carbocycles. The first kappa shape index (κ1) is 13.4. The molecule has 4 atom stereocenters. The van der Waals surface area contributed by atoms with Gasteiger partial charge in [-0.2, -0.15) is 5.26 Å². The highest BCUT2D eigenvalue weighted by Gasteiger charge is 2.40. The number of rotatable bonds is 4. The zero-order valence-corrected chi connectivity index (χ0v) is 11.7. The lowest BCUT2D eigenvalue weighted by Gasteiger charge is -2.29. The van der Waals surface area contributed by atoms with Crippen LogP contribution in [-0.2, 0) is 4.79 Å². The van der Waals surface area contributed by atoms with Crippen LogP contribution in [0.1, 0.15) is 39.5 Å². The van der Waals surface area contributed by atoms with E-state index in [1.807, 2.05) is 20.9 Å². The molecular weight excluding hydrogens is 224 g/mol. The number of hydrogen-bond acceptors (Lipinski definition) is 2. The summed E-state index contributed by atoms with van der Waals surface area (Å²) in [4.78, 5) is 14.0. The van der Waals surface area contributed by atoms with Crippen LogP contribution in [0.15, 0.2) is 0 Å². The van der Waals surface area contributed by atoms with Crippen molar-refractivity contribution in [2.75, 3.05) is 13.6 Å². The summed E-state index contributed by atoms with van der Waals surface area (Å²) >= 11 is 0. The molecule has 0 aromatic heterocycles. The van der Waals surface area contributed by atoms with Crippen LogP contribution in [0.2, 0.25) is 0 Å². The predicted octanol–water partition coefficient (Wildman–Crippen LogP) is 2.68. The van der Waals surface area contributed by atoms with Gasteiger partial charge in [0.05, 0.1) is 6.07 Å². The van der Waals surface area contributed by atoms with Crippen molar-refractivity contribution in [2.45, 2.75) is 39.5 Å². The van der Waals surface area contributed by atoms with Crippen molar-refractivity contribution in [1.82, 2.24) is 4.90 Å². The zero-order valence-electron chi connectivity index (χ0n) is 11.7. The van der Waals surface area contributed by atoms with Crippen molar-refractivity contribution >= 4 is 5.91 Å². The molecular formula is C15H24N2O. The minimum absolute atomic E-state index is 0.00951. The molecule has 3 nitrogen and oxygen atoms in total. The Hall–Kier alpha value is -1.04. The van der Waals surface area contributed by atoms with E-state index < -0.39 is 5.92 Å². The number of nitrogens with zero attached hydrogens (tertiary/aromatic N) is 2. The predicted molar refractivity (Wildman–Crippen MR) is 70.5 cm³/mol. The average molecular weight is 248 g/mol. The molecule has 18 heavy (non-hydrogen) atoms. The van der Waals surface area contributed by atoms with Crippen molar-refractivity contribution in [3.8, 4) is 6.07 Å². The first-order valence-electron chi connectivity index (χ1n) is 7.17. The minimum atomic E-state index is -0.478. The molecule has 0 aromatic rings. The summed E-state index contributed by atoms with van der Waals surface area (Å²) in [5.41, 5.74) is 0. The zero-order chi connectivity index (χ0) is 13.3. The maximum absolute atomic E-state index is 12.2. The summed E-state index contributed by atoms with van der Waals surface area (Å²) in [5, 5.41) is 9.08. The first-order valence-corrected chi connectivity index (χ1v) is 7.17. The molecule has 2 fully saturated rings. The van der Waals surface area contributed by atoms with Gasteiger partial charge in [0.25, 0.3) is 0 Å². The summed E-state index contributed by atoms with van der Waals surface area (Å²) in [6.45, 7) is 4.74. The Balaban J connectivity index is 1.90. The van der Waals surface area contributed by atoms with Gasteiger partial charge in [0.2, 0.25) is 5.91 Å². The van der Waals surface area contributed by atoms with Gasteiger partial charge in [0.15, 0.2) is 0 Å². The van der Waals surface area contributed by atoms with Gasteiger partial charge in [-0.3, -0.25) is 4.79 Å².